The molecule has 0 atom stereocenters. The summed E-state index contributed by atoms with van der Waals surface area (Å²) in [5.74, 6) is 0.912. The maximum atomic E-state index is 12.6. The molecule has 0 spiro atoms. The Hall–Kier alpha value is -3.19. The van der Waals surface area contributed by atoms with Gasteiger partial charge in [-0.2, -0.15) is 4.99 Å². The standard InChI is InChI=1S/C28H21Cl2N3O2S/c29-19-8-10-23(30)22(16-19)25-11-9-20(35-25)17-26-27(34)31-28(36-26)33-14-12-32(13-15-33)24-7-3-5-18-4-1-2-6-21(18)24/h1-11,16-17H,12-15H2/b26-17+. The van der Waals surface area contributed by atoms with Crippen LogP contribution in [0.15, 0.2) is 87.1 Å². The van der Waals surface area contributed by atoms with Gasteiger partial charge in [0, 0.05) is 53.9 Å². The molecule has 180 valence electrons. The van der Waals surface area contributed by atoms with Crippen molar-refractivity contribution in [1.82, 2.24) is 4.90 Å². The van der Waals surface area contributed by atoms with Crippen molar-refractivity contribution in [2.45, 2.75) is 0 Å². The number of piperazine rings is 1. The maximum Gasteiger partial charge on any atom is 0.286 e. The van der Waals surface area contributed by atoms with E-state index in [1.54, 1.807) is 24.3 Å². The molecule has 0 bridgehead atoms. The van der Waals surface area contributed by atoms with Crippen molar-refractivity contribution >= 4 is 68.6 Å². The van der Waals surface area contributed by atoms with Crippen LogP contribution in [-0.4, -0.2) is 42.2 Å². The molecule has 1 amide bonds. The molecule has 5 nitrogen and oxygen atoms in total. The molecule has 6 rings (SSSR count). The molecule has 2 aliphatic heterocycles. The molecule has 0 N–H and O–H groups in total. The smallest absolute Gasteiger partial charge is 0.286 e. The first-order chi connectivity index (χ1) is 17.5. The number of amidine groups is 1. The van der Waals surface area contributed by atoms with Crippen LogP contribution in [0.25, 0.3) is 28.2 Å². The van der Waals surface area contributed by atoms with Crippen LogP contribution < -0.4 is 4.90 Å². The van der Waals surface area contributed by atoms with Crippen LogP contribution in [0.5, 0.6) is 0 Å². The van der Waals surface area contributed by atoms with Crippen LogP contribution in [0.2, 0.25) is 10.0 Å². The van der Waals surface area contributed by atoms with Gasteiger partial charge in [0.2, 0.25) is 0 Å². The molecule has 2 aliphatic rings. The number of anilines is 1. The Morgan fingerprint density at radius 1 is 0.889 bits per heavy atom. The van der Waals surface area contributed by atoms with E-state index in [1.807, 2.05) is 12.1 Å². The number of nitrogens with zero attached hydrogens (tertiary/aromatic N) is 3. The molecular formula is C28H21Cl2N3O2S. The fourth-order valence-corrected chi connectivity index (χ4v) is 5.87. The summed E-state index contributed by atoms with van der Waals surface area (Å²) in [5.41, 5.74) is 1.96. The van der Waals surface area contributed by atoms with E-state index in [1.165, 1.54) is 28.2 Å². The zero-order chi connectivity index (χ0) is 24.6. The molecule has 36 heavy (non-hydrogen) atoms. The average molecular weight is 534 g/mol. The third-order valence-electron chi connectivity index (χ3n) is 6.36. The maximum absolute atomic E-state index is 12.6. The van der Waals surface area contributed by atoms with Gasteiger partial charge in [-0.25, -0.2) is 0 Å². The van der Waals surface area contributed by atoms with Gasteiger partial charge < -0.3 is 14.2 Å². The number of fused-ring (bicyclic) bond motifs is 1. The van der Waals surface area contributed by atoms with Gasteiger partial charge in [-0.15, -0.1) is 0 Å². The molecule has 3 aromatic carbocycles. The molecule has 8 heteroatoms. The summed E-state index contributed by atoms with van der Waals surface area (Å²) >= 11 is 13.8. The van der Waals surface area contributed by atoms with Crippen molar-refractivity contribution in [1.29, 1.82) is 0 Å². The molecule has 0 unspecified atom stereocenters. The molecule has 1 saturated heterocycles. The third-order valence-corrected chi connectivity index (χ3v) is 7.97. The number of carbonyl (C=O) groups excluding carboxylic acids is 1. The monoisotopic (exact) mass is 533 g/mol. The van der Waals surface area contributed by atoms with Crippen LogP contribution in [-0.2, 0) is 4.79 Å². The van der Waals surface area contributed by atoms with Crippen molar-refractivity contribution in [3.63, 3.8) is 0 Å². The Balaban J connectivity index is 1.14. The Morgan fingerprint density at radius 2 is 1.67 bits per heavy atom. The second kappa shape index (κ2) is 9.69. The zero-order valence-electron chi connectivity index (χ0n) is 19.2. The predicted molar refractivity (Wildman–Crippen MR) is 150 cm³/mol. The van der Waals surface area contributed by atoms with E-state index in [0.717, 1.165) is 31.3 Å². The highest BCUT2D eigenvalue weighted by Gasteiger charge is 2.29. The first-order valence-electron chi connectivity index (χ1n) is 11.6. The van der Waals surface area contributed by atoms with Crippen molar-refractivity contribution < 1.29 is 9.21 Å². The number of carbonyl (C=O) groups is 1. The summed E-state index contributed by atoms with van der Waals surface area (Å²) in [6.07, 6.45) is 1.73. The lowest BCUT2D eigenvalue weighted by atomic mass is 10.1. The summed E-state index contributed by atoms with van der Waals surface area (Å²) in [6.45, 7) is 3.33. The van der Waals surface area contributed by atoms with Gasteiger partial charge in [-0.3, -0.25) is 4.79 Å². The van der Waals surface area contributed by atoms with Gasteiger partial charge in [0.05, 0.1) is 9.93 Å². The quantitative estimate of drug-likeness (QED) is 0.260. The SMILES string of the molecule is O=C1N=C(N2CCN(c3cccc4ccccc34)CC2)S/C1=C/c1ccc(-c2cc(Cl)ccc2Cl)o1. The Kier molecular flexibility index (Phi) is 6.25. The normalized spacial score (nSPS) is 17.3. The van der Waals surface area contributed by atoms with Crippen LogP contribution in [0.1, 0.15) is 5.76 Å². The third kappa shape index (κ3) is 4.52. The Bertz CT molecular complexity index is 1530. The number of hydrogen-bond donors (Lipinski definition) is 0. The van der Waals surface area contributed by atoms with E-state index in [2.05, 4.69) is 57.3 Å². The largest absolute Gasteiger partial charge is 0.457 e. The first kappa shape index (κ1) is 23.2. The number of aliphatic imine (C=N–C) groups is 1. The van der Waals surface area contributed by atoms with Crippen molar-refractivity contribution in [2.24, 2.45) is 4.99 Å². The number of halogens is 2. The highest BCUT2D eigenvalue weighted by atomic mass is 35.5. The minimum atomic E-state index is -0.245. The van der Waals surface area contributed by atoms with Gasteiger partial charge in [0.25, 0.3) is 5.91 Å². The summed E-state index contributed by atoms with van der Waals surface area (Å²) in [5, 5.41) is 4.37. The van der Waals surface area contributed by atoms with Crippen molar-refractivity contribution in [3.8, 4) is 11.3 Å². The van der Waals surface area contributed by atoms with Gasteiger partial charge >= 0.3 is 0 Å². The number of thioether (sulfide) groups is 1. The van der Waals surface area contributed by atoms with Gasteiger partial charge in [0.1, 0.15) is 11.5 Å². The first-order valence-corrected chi connectivity index (χ1v) is 13.2. The summed E-state index contributed by atoms with van der Waals surface area (Å²) in [7, 11) is 0. The fourth-order valence-electron chi connectivity index (χ4n) is 4.55. The number of rotatable bonds is 3. The summed E-state index contributed by atoms with van der Waals surface area (Å²) < 4.78 is 5.94. The predicted octanol–water partition coefficient (Wildman–Crippen LogP) is 7.20. The van der Waals surface area contributed by atoms with E-state index < -0.39 is 0 Å². The lowest BCUT2D eigenvalue weighted by Gasteiger charge is -2.37. The van der Waals surface area contributed by atoms with Crippen LogP contribution in [0.3, 0.4) is 0 Å². The van der Waals surface area contributed by atoms with Gasteiger partial charge in [-0.1, -0.05) is 59.6 Å². The minimum Gasteiger partial charge on any atom is -0.457 e. The molecule has 1 aromatic heterocycles. The van der Waals surface area contributed by atoms with Gasteiger partial charge in [-0.05, 0) is 53.5 Å². The second-order valence-corrected chi connectivity index (χ2v) is 10.5. The molecular weight excluding hydrogens is 513 g/mol. The van der Waals surface area contributed by atoms with Crippen LogP contribution in [0, 0.1) is 0 Å². The summed E-state index contributed by atoms with van der Waals surface area (Å²) in [4.78, 5) is 22.1. The van der Waals surface area contributed by atoms with Crippen LogP contribution in [0.4, 0.5) is 5.69 Å². The average Bonchev–Trinajstić information content (AvgIpc) is 3.52. The molecule has 0 radical (unpaired) electrons. The Morgan fingerprint density at radius 3 is 2.53 bits per heavy atom. The van der Waals surface area contributed by atoms with Crippen LogP contribution >= 0.6 is 35.0 Å². The minimum absolute atomic E-state index is 0.245. The van der Waals surface area contributed by atoms with E-state index in [0.29, 0.717) is 32.0 Å². The van der Waals surface area contributed by atoms with Crippen molar-refractivity contribution in [3.05, 3.63) is 93.5 Å². The Labute approximate surface area is 223 Å². The zero-order valence-corrected chi connectivity index (χ0v) is 21.5. The molecule has 0 saturated carbocycles. The number of hydrogen-bond acceptors (Lipinski definition) is 5. The van der Waals surface area contributed by atoms with Crippen molar-refractivity contribution in [2.75, 3.05) is 31.1 Å². The topological polar surface area (TPSA) is 49.1 Å². The second-order valence-electron chi connectivity index (χ2n) is 8.61. The van der Waals surface area contributed by atoms with E-state index in [-0.39, 0.29) is 5.91 Å². The van der Waals surface area contributed by atoms with Gasteiger partial charge in [0.15, 0.2) is 5.17 Å². The molecule has 4 aromatic rings. The van der Waals surface area contributed by atoms with E-state index in [4.69, 9.17) is 27.6 Å². The molecule has 3 heterocycles. The number of amides is 1. The summed E-state index contributed by atoms with van der Waals surface area (Å²) in [6, 6.07) is 23.7. The fraction of sp³-hybridized carbons (Fsp3) is 0.143. The lowest BCUT2D eigenvalue weighted by Crippen LogP contribution is -2.47. The molecule has 1 fully saturated rings. The number of furan rings is 1. The molecule has 0 aliphatic carbocycles. The van der Waals surface area contributed by atoms with E-state index in [9.17, 15) is 4.79 Å². The lowest BCUT2D eigenvalue weighted by molar-refractivity contribution is -0.113. The highest BCUT2D eigenvalue weighted by molar-refractivity contribution is 8.18. The highest BCUT2D eigenvalue weighted by Crippen LogP contribution is 2.35. The number of benzene rings is 3. The van der Waals surface area contributed by atoms with E-state index >= 15 is 0 Å².